The van der Waals surface area contributed by atoms with Crippen LogP contribution in [-0.4, -0.2) is 10.8 Å². The highest BCUT2D eigenvalue weighted by atomic mass is 32.1. The Hall–Kier alpha value is -2.40. The van der Waals surface area contributed by atoms with E-state index in [0.29, 0.717) is 22.6 Å². The monoisotopic (exact) mass is 283 g/mol. The number of nitrogens with two attached hydrogens (primary N) is 1. The SMILES string of the molecule is N=Cc1cc(Cn2c(=S)oc3ccccc32)ccc1N. The summed E-state index contributed by atoms with van der Waals surface area (Å²) in [5.74, 6) is 0. The van der Waals surface area contributed by atoms with Gasteiger partial charge < -0.3 is 15.6 Å². The van der Waals surface area contributed by atoms with Crippen molar-refractivity contribution in [3.8, 4) is 0 Å². The van der Waals surface area contributed by atoms with Crippen LogP contribution in [0.2, 0.25) is 0 Å². The first-order valence-electron chi connectivity index (χ1n) is 6.16. The lowest BCUT2D eigenvalue weighted by atomic mass is 10.1. The van der Waals surface area contributed by atoms with Gasteiger partial charge in [0.05, 0.1) is 12.1 Å². The fraction of sp³-hybridized carbons (Fsp3) is 0.0667. The van der Waals surface area contributed by atoms with E-state index in [0.717, 1.165) is 16.7 Å². The molecule has 0 amide bonds. The zero-order chi connectivity index (χ0) is 14.1. The van der Waals surface area contributed by atoms with Gasteiger partial charge in [0.2, 0.25) is 0 Å². The molecule has 3 aromatic rings. The number of nitrogen functional groups attached to an aromatic ring is 1. The summed E-state index contributed by atoms with van der Waals surface area (Å²) in [5, 5.41) is 7.35. The van der Waals surface area contributed by atoms with E-state index >= 15 is 0 Å². The van der Waals surface area contributed by atoms with Crippen molar-refractivity contribution >= 4 is 35.2 Å². The number of para-hydroxylation sites is 2. The molecule has 20 heavy (non-hydrogen) atoms. The van der Waals surface area contributed by atoms with Crippen LogP contribution in [0.4, 0.5) is 5.69 Å². The fourth-order valence-electron chi connectivity index (χ4n) is 2.19. The second-order valence-corrected chi connectivity index (χ2v) is 4.88. The predicted octanol–water partition coefficient (Wildman–Crippen LogP) is 3.59. The molecule has 0 spiro atoms. The van der Waals surface area contributed by atoms with Crippen LogP contribution in [0.3, 0.4) is 0 Å². The minimum absolute atomic E-state index is 0.444. The average Bonchev–Trinajstić information content (AvgIpc) is 2.77. The summed E-state index contributed by atoms with van der Waals surface area (Å²) in [6.07, 6.45) is 1.26. The van der Waals surface area contributed by atoms with Crippen LogP contribution in [0.5, 0.6) is 0 Å². The zero-order valence-corrected chi connectivity index (χ0v) is 11.5. The first-order valence-corrected chi connectivity index (χ1v) is 6.57. The van der Waals surface area contributed by atoms with Crippen molar-refractivity contribution in [1.82, 2.24) is 4.57 Å². The first-order chi connectivity index (χ1) is 9.69. The number of rotatable bonds is 3. The van der Waals surface area contributed by atoms with Gasteiger partial charge in [0.1, 0.15) is 0 Å². The molecular formula is C15H13N3OS. The lowest BCUT2D eigenvalue weighted by Crippen LogP contribution is -2.01. The highest BCUT2D eigenvalue weighted by Gasteiger charge is 2.07. The maximum absolute atomic E-state index is 7.35. The lowest BCUT2D eigenvalue weighted by Gasteiger charge is -2.06. The number of aromatic nitrogens is 1. The third kappa shape index (κ3) is 2.12. The number of benzene rings is 2. The van der Waals surface area contributed by atoms with Gasteiger partial charge in [-0.2, -0.15) is 0 Å². The van der Waals surface area contributed by atoms with Crippen LogP contribution in [0.1, 0.15) is 11.1 Å². The quantitative estimate of drug-likeness (QED) is 0.438. The molecule has 1 heterocycles. The van der Waals surface area contributed by atoms with Crippen molar-refractivity contribution in [3.05, 3.63) is 58.4 Å². The second kappa shape index (κ2) is 4.94. The molecular weight excluding hydrogens is 270 g/mol. The Morgan fingerprint density at radius 1 is 1.25 bits per heavy atom. The van der Waals surface area contributed by atoms with Gasteiger partial charge in [0.15, 0.2) is 5.58 Å². The third-order valence-electron chi connectivity index (χ3n) is 3.22. The summed E-state index contributed by atoms with van der Waals surface area (Å²) in [6.45, 7) is 0.594. The van der Waals surface area contributed by atoms with Crippen molar-refractivity contribution in [1.29, 1.82) is 5.41 Å². The van der Waals surface area contributed by atoms with Crippen LogP contribution in [0, 0.1) is 10.2 Å². The molecule has 0 bridgehead atoms. The fourth-order valence-corrected chi connectivity index (χ4v) is 2.45. The molecule has 1 aromatic heterocycles. The topological polar surface area (TPSA) is 67.9 Å². The van der Waals surface area contributed by atoms with Crippen molar-refractivity contribution in [2.45, 2.75) is 6.54 Å². The molecule has 4 nitrogen and oxygen atoms in total. The summed E-state index contributed by atoms with van der Waals surface area (Å²) in [6, 6.07) is 13.4. The maximum Gasteiger partial charge on any atom is 0.269 e. The van der Waals surface area contributed by atoms with Crippen LogP contribution in [-0.2, 0) is 6.54 Å². The molecule has 0 unspecified atom stereocenters. The summed E-state index contributed by atoms with van der Waals surface area (Å²) in [4.78, 5) is 0.444. The number of oxazole rings is 1. The maximum atomic E-state index is 7.35. The number of nitrogens with one attached hydrogen (secondary N) is 1. The Balaban J connectivity index is 2.07. The Labute approximate surface area is 121 Å². The summed E-state index contributed by atoms with van der Waals surface area (Å²) in [5.41, 5.74) is 9.88. The summed E-state index contributed by atoms with van der Waals surface area (Å²) < 4.78 is 7.49. The van der Waals surface area contributed by atoms with E-state index in [1.54, 1.807) is 0 Å². The van der Waals surface area contributed by atoms with Gasteiger partial charge in [-0.15, -0.1) is 0 Å². The Bertz CT molecular complexity index is 848. The smallest absolute Gasteiger partial charge is 0.269 e. The van der Waals surface area contributed by atoms with E-state index in [4.69, 9.17) is 27.8 Å². The number of fused-ring (bicyclic) bond motifs is 1. The number of hydrogen-bond acceptors (Lipinski definition) is 4. The Morgan fingerprint density at radius 2 is 2.05 bits per heavy atom. The molecule has 0 atom stereocenters. The normalized spacial score (nSPS) is 10.8. The van der Waals surface area contributed by atoms with Gasteiger partial charge in [-0.05, 0) is 42.0 Å². The minimum atomic E-state index is 0.444. The minimum Gasteiger partial charge on any atom is -0.429 e. The molecule has 0 aliphatic heterocycles. The largest absolute Gasteiger partial charge is 0.429 e. The molecule has 0 fully saturated rings. The first kappa shape index (κ1) is 12.6. The van der Waals surface area contributed by atoms with E-state index in [-0.39, 0.29) is 0 Å². The summed E-state index contributed by atoms with van der Waals surface area (Å²) in [7, 11) is 0. The number of anilines is 1. The van der Waals surface area contributed by atoms with Crippen LogP contribution >= 0.6 is 12.2 Å². The highest BCUT2D eigenvalue weighted by molar-refractivity contribution is 7.71. The van der Waals surface area contributed by atoms with Crippen molar-refractivity contribution in [2.75, 3.05) is 5.73 Å². The Morgan fingerprint density at radius 3 is 2.85 bits per heavy atom. The molecule has 0 aliphatic rings. The molecule has 0 saturated heterocycles. The molecule has 3 rings (SSSR count). The van der Waals surface area contributed by atoms with E-state index in [1.807, 2.05) is 47.0 Å². The number of nitrogens with zero attached hydrogens (tertiary/aromatic N) is 1. The molecule has 0 aliphatic carbocycles. The van der Waals surface area contributed by atoms with E-state index in [1.165, 1.54) is 6.21 Å². The van der Waals surface area contributed by atoms with E-state index < -0.39 is 0 Å². The molecule has 0 radical (unpaired) electrons. The predicted molar refractivity (Wildman–Crippen MR) is 82.9 cm³/mol. The van der Waals surface area contributed by atoms with E-state index in [2.05, 4.69) is 0 Å². The van der Waals surface area contributed by atoms with Gasteiger partial charge >= 0.3 is 0 Å². The second-order valence-electron chi connectivity index (χ2n) is 4.53. The molecule has 5 heteroatoms. The molecule has 0 saturated carbocycles. The zero-order valence-electron chi connectivity index (χ0n) is 10.7. The van der Waals surface area contributed by atoms with Gasteiger partial charge in [0, 0.05) is 17.5 Å². The standard InChI is InChI=1S/C15H13N3OS/c16-8-11-7-10(5-6-12(11)17)9-18-13-3-1-2-4-14(13)19-15(18)20/h1-8,16H,9,17H2. The van der Waals surface area contributed by atoms with Crippen LogP contribution < -0.4 is 5.73 Å². The van der Waals surface area contributed by atoms with Crippen molar-refractivity contribution < 1.29 is 4.42 Å². The van der Waals surface area contributed by atoms with Crippen molar-refractivity contribution in [2.24, 2.45) is 0 Å². The molecule has 2 aromatic carbocycles. The van der Waals surface area contributed by atoms with Crippen molar-refractivity contribution in [3.63, 3.8) is 0 Å². The summed E-state index contributed by atoms with van der Waals surface area (Å²) >= 11 is 5.27. The van der Waals surface area contributed by atoms with E-state index in [9.17, 15) is 0 Å². The van der Waals surface area contributed by atoms with Gasteiger partial charge in [-0.1, -0.05) is 18.2 Å². The lowest BCUT2D eigenvalue weighted by molar-refractivity contribution is 0.548. The Kier molecular flexibility index (Phi) is 3.12. The highest BCUT2D eigenvalue weighted by Crippen LogP contribution is 2.20. The third-order valence-corrected chi connectivity index (χ3v) is 3.52. The number of hydrogen-bond donors (Lipinski definition) is 2. The molecule has 3 N–H and O–H groups in total. The van der Waals surface area contributed by atoms with Gasteiger partial charge in [-0.3, -0.25) is 4.57 Å². The van der Waals surface area contributed by atoms with Crippen LogP contribution in [0.25, 0.3) is 11.1 Å². The molecule has 100 valence electrons. The average molecular weight is 283 g/mol. The van der Waals surface area contributed by atoms with Gasteiger partial charge in [0.25, 0.3) is 4.84 Å². The van der Waals surface area contributed by atoms with Gasteiger partial charge in [-0.25, -0.2) is 0 Å². The van der Waals surface area contributed by atoms with Crippen LogP contribution in [0.15, 0.2) is 46.9 Å².